The van der Waals surface area contributed by atoms with Crippen molar-refractivity contribution in [1.29, 1.82) is 0 Å². The van der Waals surface area contributed by atoms with Crippen LogP contribution in [0.5, 0.6) is 5.75 Å². The normalized spacial score (nSPS) is 11.5. The van der Waals surface area contributed by atoms with Gasteiger partial charge in [0.15, 0.2) is 6.61 Å². The van der Waals surface area contributed by atoms with Crippen LogP contribution in [0.1, 0.15) is 22.3 Å². The zero-order chi connectivity index (χ0) is 25.0. The minimum Gasteiger partial charge on any atom is -0.484 e. The molecule has 1 heterocycles. The summed E-state index contributed by atoms with van der Waals surface area (Å²) in [7, 11) is 0. The number of ether oxygens (including phenoxy) is 1. The van der Waals surface area contributed by atoms with E-state index in [1.165, 1.54) is 6.42 Å². The number of carbonyl (C=O) groups excluding carboxylic acids is 3. The summed E-state index contributed by atoms with van der Waals surface area (Å²) in [5.74, 6) is -0.620. The number of nitrogens with one attached hydrogen (secondary N) is 2. The molecule has 0 saturated heterocycles. The van der Waals surface area contributed by atoms with Gasteiger partial charge in [0.1, 0.15) is 11.8 Å². The molecule has 0 aliphatic heterocycles. The van der Waals surface area contributed by atoms with E-state index in [2.05, 4.69) is 10.6 Å². The van der Waals surface area contributed by atoms with Crippen molar-refractivity contribution < 1.29 is 19.1 Å². The molecule has 6 N–H and O–H groups in total. The van der Waals surface area contributed by atoms with E-state index in [4.69, 9.17) is 16.2 Å². The molecular weight excluding hydrogens is 464 g/mol. The Morgan fingerprint density at radius 2 is 1.63 bits per heavy atom. The number of hydrogen-bond acceptors (Lipinski definition) is 6. The Labute approximate surface area is 208 Å². The fraction of sp³-hybridized carbons (Fsp3) is 0.231. The monoisotopic (exact) mass is 493 g/mol. The maximum absolute atomic E-state index is 12.9. The molecule has 0 aliphatic rings. The van der Waals surface area contributed by atoms with E-state index in [0.717, 1.165) is 22.3 Å². The van der Waals surface area contributed by atoms with Crippen molar-refractivity contribution in [3.63, 3.8) is 0 Å². The van der Waals surface area contributed by atoms with Gasteiger partial charge in [0, 0.05) is 19.5 Å². The van der Waals surface area contributed by atoms with E-state index >= 15 is 0 Å². The lowest BCUT2D eigenvalue weighted by molar-refractivity contribution is -0.127. The average molecular weight is 494 g/mol. The third-order valence-electron chi connectivity index (χ3n) is 5.21. The zero-order valence-electron chi connectivity index (χ0n) is 19.2. The van der Waals surface area contributed by atoms with Gasteiger partial charge in [-0.3, -0.25) is 14.4 Å². The highest BCUT2D eigenvalue weighted by molar-refractivity contribution is 7.07. The van der Waals surface area contributed by atoms with E-state index in [1.54, 1.807) is 35.6 Å². The van der Waals surface area contributed by atoms with Crippen LogP contribution in [0.2, 0.25) is 0 Å². The van der Waals surface area contributed by atoms with Crippen LogP contribution >= 0.6 is 11.3 Å². The quantitative estimate of drug-likeness (QED) is 0.288. The van der Waals surface area contributed by atoms with Crippen LogP contribution in [-0.2, 0) is 40.3 Å². The molecule has 0 fully saturated rings. The second-order valence-corrected chi connectivity index (χ2v) is 8.72. The van der Waals surface area contributed by atoms with Gasteiger partial charge in [0.2, 0.25) is 11.8 Å². The minimum absolute atomic E-state index is 0.194. The molecule has 0 unspecified atom stereocenters. The largest absolute Gasteiger partial charge is 0.484 e. The molecule has 0 aliphatic carbocycles. The number of hydrogen-bond donors (Lipinski definition) is 4. The molecule has 3 aromatic rings. The number of rotatable bonds is 13. The number of thiophene rings is 1. The van der Waals surface area contributed by atoms with Gasteiger partial charge < -0.3 is 26.8 Å². The van der Waals surface area contributed by atoms with Crippen molar-refractivity contribution in [2.24, 2.45) is 11.5 Å². The molecule has 183 valence electrons. The van der Waals surface area contributed by atoms with Crippen molar-refractivity contribution in [2.45, 2.75) is 32.0 Å². The topological polar surface area (TPSA) is 137 Å². The van der Waals surface area contributed by atoms with Crippen molar-refractivity contribution >= 4 is 29.1 Å². The highest BCUT2D eigenvalue weighted by atomic mass is 32.1. The molecule has 3 amide bonds. The summed E-state index contributed by atoms with van der Waals surface area (Å²) in [6, 6.07) is 15.9. The van der Waals surface area contributed by atoms with Crippen molar-refractivity contribution in [1.82, 2.24) is 10.6 Å². The first kappa shape index (κ1) is 25.9. The lowest BCUT2D eigenvalue weighted by atomic mass is 10.1. The summed E-state index contributed by atoms with van der Waals surface area (Å²) in [6.45, 7) is 0.624. The Kier molecular flexibility index (Phi) is 9.82. The molecule has 1 radical (unpaired) electrons. The predicted octanol–water partition coefficient (Wildman–Crippen LogP) is 1.86. The standard InChI is InChI=1S/C26H29N4O4S/c27-14-19-1-3-20(4-2-19)15-29-26(33)23(13-21-11-12-35-17-21)30-25(32)10-7-18-5-8-22(9-6-18)34-16-24(28)31/h1-6,8-12,17,23H,7,13-16,27H2,(H2,28,31)(H,29,33)(H,30,32)/t23-/m0/s1. The van der Waals surface area contributed by atoms with Gasteiger partial charge in [-0.15, -0.1) is 0 Å². The lowest BCUT2D eigenvalue weighted by Gasteiger charge is -2.18. The van der Waals surface area contributed by atoms with Gasteiger partial charge in [0.05, 0.1) is 6.42 Å². The van der Waals surface area contributed by atoms with Gasteiger partial charge >= 0.3 is 0 Å². The molecule has 0 spiro atoms. The smallest absolute Gasteiger partial charge is 0.255 e. The highest BCUT2D eigenvalue weighted by Crippen LogP contribution is 2.14. The van der Waals surface area contributed by atoms with Crippen LogP contribution in [0.3, 0.4) is 0 Å². The first-order chi connectivity index (χ1) is 16.9. The van der Waals surface area contributed by atoms with Gasteiger partial charge in [-0.2, -0.15) is 11.3 Å². The molecular formula is C26H29N4O4S. The Hall–Kier alpha value is -3.69. The van der Waals surface area contributed by atoms with Crippen molar-refractivity contribution in [3.8, 4) is 5.75 Å². The van der Waals surface area contributed by atoms with Gasteiger partial charge in [-0.1, -0.05) is 36.4 Å². The Morgan fingerprint density at radius 1 is 0.943 bits per heavy atom. The number of amides is 3. The fourth-order valence-electron chi connectivity index (χ4n) is 3.28. The van der Waals surface area contributed by atoms with E-state index in [1.807, 2.05) is 41.1 Å². The number of benzene rings is 2. The molecule has 8 nitrogen and oxygen atoms in total. The average Bonchev–Trinajstić information content (AvgIpc) is 3.38. The van der Waals surface area contributed by atoms with E-state index < -0.39 is 11.9 Å². The number of primary amides is 1. The van der Waals surface area contributed by atoms with E-state index in [0.29, 0.717) is 31.7 Å². The molecule has 1 atom stereocenters. The maximum atomic E-state index is 12.9. The van der Waals surface area contributed by atoms with Crippen LogP contribution in [0.4, 0.5) is 0 Å². The highest BCUT2D eigenvalue weighted by Gasteiger charge is 2.21. The Morgan fingerprint density at radius 3 is 2.26 bits per heavy atom. The molecule has 0 bridgehead atoms. The van der Waals surface area contributed by atoms with Crippen molar-refractivity contribution in [2.75, 3.05) is 6.61 Å². The molecule has 35 heavy (non-hydrogen) atoms. The first-order valence-corrected chi connectivity index (χ1v) is 12.1. The second kappa shape index (κ2) is 13.3. The molecule has 9 heteroatoms. The number of carbonyl (C=O) groups is 3. The van der Waals surface area contributed by atoms with Crippen molar-refractivity contribution in [3.05, 3.63) is 94.0 Å². The Bertz CT molecular complexity index is 1100. The summed E-state index contributed by atoms with van der Waals surface area (Å²) in [5.41, 5.74) is 14.5. The molecule has 0 saturated carbocycles. The van der Waals surface area contributed by atoms with Gasteiger partial charge in [0.25, 0.3) is 5.91 Å². The predicted molar refractivity (Wildman–Crippen MR) is 135 cm³/mol. The second-order valence-electron chi connectivity index (χ2n) is 7.94. The van der Waals surface area contributed by atoms with Gasteiger partial charge in [-0.25, -0.2) is 0 Å². The molecule has 2 aromatic carbocycles. The fourth-order valence-corrected chi connectivity index (χ4v) is 3.96. The summed E-state index contributed by atoms with van der Waals surface area (Å²) >= 11 is 1.54. The zero-order valence-corrected chi connectivity index (χ0v) is 20.1. The van der Waals surface area contributed by atoms with Gasteiger partial charge in [-0.05, 0) is 57.6 Å². The summed E-state index contributed by atoms with van der Waals surface area (Å²) in [5, 5.41) is 9.64. The summed E-state index contributed by atoms with van der Waals surface area (Å²) < 4.78 is 5.23. The minimum atomic E-state index is -0.707. The molecule has 1 aromatic heterocycles. The van der Waals surface area contributed by atoms with Crippen LogP contribution in [0, 0.1) is 6.42 Å². The van der Waals surface area contributed by atoms with E-state index in [9.17, 15) is 14.4 Å². The van der Waals surface area contributed by atoms with E-state index in [-0.39, 0.29) is 18.4 Å². The first-order valence-electron chi connectivity index (χ1n) is 11.1. The van der Waals surface area contributed by atoms with Crippen LogP contribution < -0.4 is 26.8 Å². The Balaban J connectivity index is 1.53. The van der Waals surface area contributed by atoms with Crippen LogP contribution in [0.15, 0.2) is 65.4 Å². The third kappa shape index (κ3) is 8.88. The summed E-state index contributed by atoms with van der Waals surface area (Å²) in [4.78, 5) is 36.3. The number of nitrogens with two attached hydrogens (primary N) is 2. The SMILES string of the molecule is NCc1ccc(CNC(=O)[C@H](Cc2ccsc2)NC(=O)[CH]Cc2ccc(OCC(N)=O)cc2)cc1. The summed E-state index contributed by atoms with van der Waals surface area (Å²) in [6.07, 6.45) is 2.27. The lowest BCUT2D eigenvalue weighted by Crippen LogP contribution is -2.48. The van der Waals surface area contributed by atoms with Crippen LogP contribution in [-0.4, -0.2) is 30.4 Å². The third-order valence-corrected chi connectivity index (χ3v) is 5.94. The molecule has 3 rings (SSSR count). The van der Waals surface area contributed by atoms with Crippen LogP contribution in [0.25, 0.3) is 0 Å². The maximum Gasteiger partial charge on any atom is 0.255 e.